The first kappa shape index (κ1) is 17.1. The molecular formula is C11H17N3O6S. The van der Waals surface area contributed by atoms with Crippen molar-refractivity contribution in [3.05, 3.63) is 27.0 Å². The molecule has 0 aliphatic rings. The van der Waals surface area contributed by atoms with Crippen molar-refractivity contribution in [2.45, 2.75) is 17.7 Å². The van der Waals surface area contributed by atoms with Gasteiger partial charge in [-0.05, 0) is 6.42 Å². The second kappa shape index (κ2) is 6.22. The van der Waals surface area contributed by atoms with E-state index in [0.717, 1.165) is 15.1 Å². The summed E-state index contributed by atoms with van der Waals surface area (Å²) in [5.41, 5.74) is -1.55. The SMILES string of the molecule is CN(CCCC(=O)O)S(=O)(=O)c1cn(C)c(=O)n(C)c1=O. The fourth-order valence-electron chi connectivity index (χ4n) is 1.69. The lowest BCUT2D eigenvalue weighted by Gasteiger charge is -2.17. The van der Waals surface area contributed by atoms with E-state index < -0.39 is 32.1 Å². The molecule has 0 radical (unpaired) electrons. The van der Waals surface area contributed by atoms with Crippen molar-refractivity contribution in [1.82, 2.24) is 13.4 Å². The predicted molar refractivity (Wildman–Crippen MR) is 73.6 cm³/mol. The molecule has 0 saturated heterocycles. The van der Waals surface area contributed by atoms with Crippen LogP contribution in [-0.2, 0) is 28.9 Å². The molecule has 0 saturated carbocycles. The van der Waals surface area contributed by atoms with Crippen LogP contribution in [0.25, 0.3) is 0 Å². The van der Waals surface area contributed by atoms with Crippen molar-refractivity contribution in [2.24, 2.45) is 14.1 Å². The number of hydrogen-bond donors (Lipinski definition) is 1. The topological polar surface area (TPSA) is 119 Å². The molecule has 0 aliphatic heterocycles. The van der Waals surface area contributed by atoms with Gasteiger partial charge in [0.15, 0.2) is 4.90 Å². The molecule has 0 aromatic carbocycles. The van der Waals surface area contributed by atoms with Gasteiger partial charge in [-0.3, -0.25) is 14.2 Å². The number of sulfonamides is 1. The molecule has 1 heterocycles. The smallest absolute Gasteiger partial charge is 0.330 e. The summed E-state index contributed by atoms with van der Waals surface area (Å²) in [5.74, 6) is -1.03. The van der Waals surface area contributed by atoms with Crippen LogP contribution in [0, 0.1) is 0 Å². The third-order valence-corrected chi connectivity index (χ3v) is 4.81. The summed E-state index contributed by atoms with van der Waals surface area (Å²) in [4.78, 5) is 33.4. The van der Waals surface area contributed by atoms with Crippen molar-refractivity contribution in [1.29, 1.82) is 0 Å². The highest BCUT2D eigenvalue weighted by Gasteiger charge is 2.26. The quantitative estimate of drug-likeness (QED) is 0.686. The average Bonchev–Trinajstić information content (AvgIpc) is 2.39. The van der Waals surface area contributed by atoms with Gasteiger partial charge in [0, 0.05) is 40.3 Å². The third kappa shape index (κ3) is 3.58. The number of aliphatic carboxylic acids is 1. The lowest BCUT2D eigenvalue weighted by atomic mass is 10.3. The maximum atomic E-state index is 12.3. The average molecular weight is 319 g/mol. The second-order valence-corrected chi connectivity index (χ2v) is 6.59. The summed E-state index contributed by atoms with van der Waals surface area (Å²) >= 11 is 0. The van der Waals surface area contributed by atoms with Gasteiger partial charge in [-0.2, -0.15) is 0 Å². The van der Waals surface area contributed by atoms with Crippen LogP contribution in [0.15, 0.2) is 20.7 Å². The van der Waals surface area contributed by atoms with Crippen LogP contribution < -0.4 is 11.2 Å². The van der Waals surface area contributed by atoms with Crippen LogP contribution in [0.2, 0.25) is 0 Å². The third-order valence-electron chi connectivity index (χ3n) is 2.97. The van der Waals surface area contributed by atoms with Crippen molar-refractivity contribution in [3.8, 4) is 0 Å². The first-order valence-electron chi connectivity index (χ1n) is 6.04. The number of rotatable bonds is 6. The van der Waals surface area contributed by atoms with Crippen LogP contribution in [0.4, 0.5) is 0 Å². The van der Waals surface area contributed by atoms with E-state index in [4.69, 9.17) is 5.11 Å². The second-order valence-electron chi connectivity index (χ2n) is 4.57. The number of carboxylic acids is 1. The molecule has 0 atom stereocenters. The van der Waals surface area contributed by atoms with E-state index in [1.807, 2.05) is 0 Å². The number of aromatic nitrogens is 2. The summed E-state index contributed by atoms with van der Waals surface area (Å²) in [6, 6.07) is 0. The zero-order chi connectivity index (χ0) is 16.4. The van der Waals surface area contributed by atoms with Gasteiger partial charge in [0.1, 0.15) is 0 Å². The summed E-state index contributed by atoms with van der Waals surface area (Å²) < 4.78 is 27.2. The first-order valence-corrected chi connectivity index (χ1v) is 7.48. The Morgan fingerprint density at radius 2 is 1.90 bits per heavy atom. The monoisotopic (exact) mass is 319 g/mol. The Morgan fingerprint density at radius 1 is 1.33 bits per heavy atom. The Morgan fingerprint density at radius 3 is 2.43 bits per heavy atom. The van der Waals surface area contributed by atoms with Crippen molar-refractivity contribution >= 4 is 16.0 Å². The number of carbonyl (C=O) groups is 1. The molecule has 1 aromatic rings. The highest BCUT2D eigenvalue weighted by molar-refractivity contribution is 7.89. The van der Waals surface area contributed by atoms with Gasteiger partial charge in [0.05, 0.1) is 0 Å². The van der Waals surface area contributed by atoms with E-state index >= 15 is 0 Å². The molecule has 10 heteroatoms. The van der Waals surface area contributed by atoms with E-state index in [2.05, 4.69) is 0 Å². The Kier molecular flexibility index (Phi) is 5.07. The van der Waals surface area contributed by atoms with E-state index in [1.165, 1.54) is 21.1 Å². The van der Waals surface area contributed by atoms with Gasteiger partial charge in [-0.25, -0.2) is 17.5 Å². The van der Waals surface area contributed by atoms with Gasteiger partial charge >= 0.3 is 11.7 Å². The lowest BCUT2D eigenvalue weighted by Crippen LogP contribution is -2.42. The molecule has 1 rings (SSSR count). The molecule has 118 valence electrons. The summed E-state index contributed by atoms with van der Waals surface area (Å²) in [7, 11) is -0.303. The van der Waals surface area contributed by atoms with Crippen molar-refractivity contribution in [2.75, 3.05) is 13.6 Å². The molecule has 0 fully saturated rings. The maximum Gasteiger partial charge on any atom is 0.330 e. The molecule has 1 N–H and O–H groups in total. The minimum absolute atomic E-state index is 0.0410. The minimum atomic E-state index is -4.08. The Hall–Kier alpha value is -1.94. The fraction of sp³-hybridized carbons (Fsp3) is 0.545. The van der Waals surface area contributed by atoms with E-state index in [0.29, 0.717) is 4.57 Å². The molecule has 0 unspecified atom stereocenters. The van der Waals surface area contributed by atoms with Crippen molar-refractivity contribution < 1.29 is 18.3 Å². The number of nitrogens with zero attached hydrogens (tertiary/aromatic N) is 3. The zero-order valence-electron chi connectivity index (χ0n) is 11.9. The highest BCUT2D eigenvalue weighted by Crippen LogP contribution is 2.09. The Bertz CT molecular complexity index is 761. The number of hydrogen-bond acceptors (Lipinski definition) is 5. The normalized spacial score (nSPS) is 11.8. The number of aryl methyl sites for hydroxylation is 1. The van der Waals surface area contributed by atoms with E-state index in [-0.39, 0.29) is 19.4 Å². The molecular weight excluding hydrogens is 302 g/mol. The highest BCUT2D eigenvalue weighted by atomic mass is 32.2. The van der Waals surface area contributed by atoms with Gasteiger partial charge in [0.2, 0.25) is 10.0 Å². The molecule has 1 aromatic heterocycles. The van der Waals surface area contributed by atoms with Crippen LogP contribution >= 0.6 is 0 Å². The van der Waals surface area contributed by atoms with Crippen LogP contribution in [-0.4, -0.2) is 46.5 Å². The van der Waals surface area contributed by atoms with Crippen LogP contribution in [0.3, 0.4) is 0 Å². The minimum Gasteiger partial charge on any atom is -0.481 e. The Balaban J connectivity index is 3.17. The van der Waals surface area contributed by atoms with Crippen LogP contribution in [0.5, 0.6) is 0 Å². The molecule has 0 aliphatic carbocycles. The van der Waals surface area contributed by atoms with Gasteiger partial charge in [-0.1, -0.05) is 0 Å². The summed E-state index contributed by atoms with van der Waals surface area (Å²) in [6.07, 6.45) is 0.913. The van der Waals surface area contributed by atoms with E-state index in [9.17, 15) is 22.8 Å². The molecule has 0 spiro atoms. The molecule has 0 bridgehead atoms. The molecule has 21 heavy (non-hydrogen) atoms. The lowest BCUT2D eigenvalue weighted by molar-refractivity contribution is -0.137. The van der Waals surface area contributed by atoms with E-state index in [1.54, 1.807) is 0 Å². The summed E-state index contributed by atoms with van der Waals surface area (Å²) in [6.45, 7) is -0.0410. The van der Waals surface area contributed by atoms with Gasteiger partial charge in [-0.15, -0.1) is 0 Å². The summed E-state index contributed by atoms with van der Waals surface area (Å²) in [5, 5.41) is 8.53. The Labute approximate surface area is 121 Å². The van der Waals surface area contributed by atoms with Gasteiger partial charge < -0.3 is 9.67 Å². The molecule has 9 nitrogen and oxygen atoms in total. The number of carboxylic acid groups (broad SMARTS) is 1. The van der Waals surface area contributed by atoms with Crippen molar-refractivity contribution in [3.63, 3.8) is 0 Å². The largest absolute Gasteiger partial charge is 0.481 e. The zero-order valence-corrected chi connectivity index (χ0v) is 12.8. The fourth-order valence-corrected chi connectivity index (χ4v) is 3.05. The van der Waals surface area contributed by atoms with Gasteiger partial charge in [0.25, 0.3) is 5.56 Å². The maximum absolute atomic E-state index is 12.3. The predicted octanol–water partition coefficient (Wildman–Crippen LogP) is -1.43. The van der Waals surface area contributed by atoms with Crippen LogP contribution in [0.1, 0.15) is 12.8 Å². The first-order chi connectivity index (χ1) is 9.59. The molecule has 0 amide bonds. The standard InChI is InChI=1S/C11H17N3O6S/c1-12-7-8(10(17)14(3)11(12)18)21(19,20)13(2)6-4-5-9(15)16/h7H,4-6H2,1-3H3,(H,15,16).